The number of hydrogen-bond acceptors (Lipinski definition) is 3. The Morgan fingerprint density at radius 3 is 1.19 bits per heavy atom. The van der Waals surface area contributed by atoms with Gasteiger partial charge >= 0.3 is 7.54 Å². The van der Waals surface area contributed by atoms with Gasteiger partial charge in [0.2, 0.25) is 0 Å². The predicted molar refractivity (Wildman–Crippen MR) is 227 cm³/mol. The summed E-state index contributed by atoms with van der Waals surface area (Å²) in [6, 6.07) is 27.2. The lowest BCUT2D eigenvalue weighted by Crippen LogP contribution is -3.00. The molecule has 3 aromatic rings. The van der Waals surface area contributed by atoms with Gasteiger partial charge in [-0.05, 0) is 137 Å². The summed E-state index contributed by atoms with van der Waals surface area (Å²) in [6.45, 7) is 25.7. The molecule has 0 spiro atoms. The fourth-order valence-electron chi connectivity index (χ4n) is 6.72. The zero-order valence-electron chi connectivity index (χ0n) is 33.5. The van der Waals surface area contributed by atoms with Crippen molar-refractivity contribution in [3.05, 3.63) is 138 Å². The van der Waals surface area contributed by atoms with E-state index in [0.717, 1.165) is 52.4 Å². The van der Waals surface area contributed by atoms with Crippen molar-refractivity contribution in [3.63, 3.8) is 0 Å². The Morgan fingerprint density at radius 2 is 0.870 bits per heavy atom. The van der Waals surface area contributed by atoms with Crippen molar-refractivity contribution in [3.8, 4) is 0 Å². The van der Waals surface area contributed by atoms with Gasteiger partial charge in [-0.3, -0.25) is 12.9 Å². The van der Waals surface area contributed by atoms with E-state index >= 15 is 0 Å². The second kappa shape index (κ2) is 23.8. The summed E-state index contributed by atoms with van der Waals surface area (Å²) in [4.78, 5) is 7.18. The van der Waals surface area contributed by atoms with Gasteiger partial charge < -0.3 is 19.4 Å². The molecule has 0 aliphatic heterocycles. The van der Waals surface area contributed by atoms with Crippen LogP contribution in [0.1, 0.15) is 72.1 Å². The van der Waals surface area contributed by atoms with Crippen molar-refractivity contribution in [2.75, 3.05) is 67.1 Å². The van der Waals surface area contributed by atoms with Gasteiger partial charge in [0.15, 0.2) is 5.71 Å². The minimum atomic E-state index is -3.67. The lowest BCUT2D eigenvalue weighted by molar-refractivity contribution is -0.519. The van der Waals surface area contributed by atoms with Crippen molar-refractivity contribution in [1.29, 1.82) is 0 Å². The lowest BCUT2D eigenvalue weighted by Gasteiger charge is -2.22. The van der Waals surface area contributed by atoms with Crippen molar-refractivity contribution < 1.29 is 22.2 Å². The van der Waals surface area contributed by atoms with Gasteiger partial charge in [0.1, 0.15) is 13.1 Å². The molecule has 0 saturated heterocycles. The molecule has 1 aliphatic carbocycles. The molecule has 0 aromatic heterocycles. The largest absolute Gasteiger partial charge is 1.00 e. The first-order chi connectivity index (χ1) is 25.7. The van der Waals surface area contributed by atoms with E-state index in [0.29, 0.717) is 0 Å². The van der Waals surface area contributed by atoms with Gasteiger partial charge in [-0.25, -0.2) is 4.58 Å². The molecule has 0 N–H and O–H groups in total. The maximum absolute atomic E-state index is 9.67. The highest BCUT2D eigenvalue weighted by Gasteiger charge is 2.13. The standard InChI is InChI=1S/C45H59N4.BF3.FH/c1-9-46(10-2)40-28-20-36(21-29-40)44(37-22-30-41(31-23-37)47(11-3)12-4)18-17-19-45(38-24-32-42(33-25-38)48(13-5)14-6)39-26-34-43(35-27-39)49(15-7)16-8;2-1(3)4;/h17-35H,9-16H2,1-8H3;;1H/q+1;;/p-1. The van der Waals surface area contributed by atoms with Crippen LogP contribution in [0.3, 0.4) is 0 Å². The molecule has 0 heterocycles. The third-order valence-electron chi connectivity index (χ3n) is 9.75. The fraction of sp³-hybridized carbons (Fsp3) is 0.356. The molecular formula is C45H59BF4N4. The summed E-state index contributed by atoms with van der Waals surface area (Å²) in [5.41, 5.74) is 12.3. The molecule has 0 unspecified atom stereocenters. The maximum Gasteiger partial charge on any atom is 0.762 e. The summed E-state index contributed by atoms with van der Waals surface area (Å²) >= 11 is 0. The smallest absolute Gasteiger partial charge is 0.762 e. The molecule has 9 heteroatoms. The number of nitrogens with zero attached hydrogens (tertiary/aromatic N) is 4. The van der Waals surface area contributed by atoms with E-state index in [1.165, 1.54) is 56.2 Å². The molecule has 0 radical (unpaired) electrons. The van der Waals surface area contributed by atoms with Crippen molar-refractivity contribution in [2.24, 2.45) is 0 Å². The van der Waals surface area contributed by atoms with Crippen LogP contribution in [0.5, 0.6) is 0 Å². The molecular weight excluding hydrogens is 683 g/mol. The van der Waals surface area contributed by atoms with Gasteiger partial charge in [0.25, 0.3) is 0 Å². The Morgan fingerprint density at radius 1 is 0.537 bits per heavy atom. The first-order valence-corrected chi connectivity index (χ1v) is 19.3. The molecule has 0 bridgehead atoms. The topological polar surface area (TPSA) is 12.7 Å². The molecule has 4 nitrogen and oxygen atoms in total. The van der Waals surface area contributed by atoms with Crippen LogP contribution >= 0.6 is 0 Å². The normalized spacial score (nSPS) is 11.8. The first kappa shape index (κ1) is 45.4. The van der Waals surface area contributed by atoms with Crippen LogP contribution in [0, 0.1) is 0 Å². The number of allylic oxidation sites excluding steroid dienone is 9. The van der Waals surface area contributed by atoms with E-state index in [2.05, 4.69) is 190 Å². The number of hydrogen-bond donors (Lipinski definition) is 0. The molecule has 0 saturated carbocycles. The summed E-state index contributed by atoms with van der Waals surface area (Å²) in [5, 5.41) is 0. The predicted octanol–water partition coefficient (Wildman–Crippen LogP) is 8.17. The highest BCUT2D eigenvalue weighted by molar-refractivity contribution is 6.33. The van der Waals surface area contributed by atoms with E-state index in [9.17, 15) is 12.9 Å². The Kier molecular flexibility index (Phi) is 20.0. The maximum atomic E-state index is 9.67. The molecule has 4 rings (SSSR count). The van der Waals surface area contributed by atoms with E-state index in [4.69, 9.17) is 0 Å². The SMILES string of the molecule is CCN(CC)c1ccc(C(=C/C=C/C(=C2C=CC(=[N+](CC)CC)C=C2)c2ccc(N(CC)CC)cc2)c2ccc(N(CC)CC)cc2)cc1.FB(F)F.[F-]. The van der Waals surface area contributed by atoms with Gasteiger partial charge in [-0.1, -0.05) is 54.6 Å². The summed E-state index contributed by atoms with van der Waals surface area (Å²) in [7, 11) is -3.67. The Bertz CT molecular complexity index is 1650. The Balaban J connectivity index is 0.00000192. The van der Waals surface area contributed by atoms with Crippen LogP contribution in [0.4, 0.5) is 30.0 Å². The number of anilines is 3. The van der Waals surface area contributed by atoms with Crippen LogP contribution in [0.2, 0.25) is 0 Å². The number of halogens is 4. The quantitative estimate of drug-likeness (QED) is 0.0637. The first-order valence-electron chi connectivity index (χ1n) is 19.3. The fourth-order valence-corrected chi connectivity index (χ4v) is 6.72. The molecule has 0 fully saturated rings. The van der Waals surface area contributed by atoms with Crippen molar-refractivity contribution in [2.45, 2.75) is 55.4 Å². The molecule has 54 heavy (non-hydrogen) atoms. The van der Waals surface area contributed by atoms with Crippen molar-refractivity contribution >= 4 is 41.5 Å². The zero-order chi connectivity index (χ0) is 38.8. The van der Waals surface area contributed by atoms with E-state index in [-0.39, 0.29) is 4.70 Å². The van der Waals surface area contributed by atoms with Crippen LogP contribution in [-0.4, -0.2) is 70.2 Å². The lowest BCUT2D eigenvalue weighted by atomic mass is 9.94. The third-order valence-corrected chi connectivity index (χ3v) is 9.75. The number of benzene rings is 3. The second-order valence-electron chi connectivity index (χ2n) is 12.5. The Labute approximate surface area is 323 Å². The van der Waals surface area contributed by atoms with Crippen LogP contribution in [0.15, 0.2) is 121 Å². The monoisotopic (exact) mass is 742 g/mol. The highest BCUT2D eigenvalue weighted by atomic mass is 19.4. The van der Waals surface area contributed by atoms with Gasteiger partial charge in [0.05, 0.1) is 0 Å². The minimum absolute atomic E-state index is 0. The highest BCUT2D eigenvalue weighted by Crippen LogP contribution is 2.30. The van der Waals surface area contributed by atoms with Gasteiger partial charge in [-0.15, -0.1) is 0 Å². The average Bonchev–Trinajstić information content (AvgIpc) is 3.18. The average molecular weight is 743 g/mol. The van der Waals surface area contributed by atoms with Crippen LogP contribution < -0.4 is 19.4 Å². The minimum Gasteiger partial charge on any atom is -1.00 e. The molecule has 290 valence electrons. The molecule has 0 amide bonds. The second-order valence-corrected chi connectivity index (χ2v) is 12.5. The van der Waals surface area contributed by atoms with Gasteiger partial charge in [0, 0.05) is 68.5 Å². The number of rotatable bonds is 16. The summed E-state index contributed by atoms with van der Waals surface area (Å²) in [6.07, 6.45) is 15.9. The molecule has 1 aliphatic rings. The molecule has 3 aromatic carbocycles. The summed E-state index contributed by atoms with van der Waals surface area (Å²) in [5.74, 6) is 0. The van der Waals surface area contributed by atoms with Crippen LogP contribution in [0.25, 0.3) is 11.1 Å². The summed E-state index contributed by atoms with van der Waals surface area (Å²) < 4.78 is 31.4. The van der Waals surface area contributed by atoms with Gasteiger partial charge in [-0.2, -0.15) is 0 Å². The van der Waals surface area contributed by atoms with Crippen molar-refractivity contribution in [1.82, 2.24) is 0 Å². The van der Waals surface area contributed by atoms with E-state index in [1.54, 1.807) is 0 Å². The molecule has 0 atom stereocenters. The Hall–Kier alpha value is -4.79. The third kappa shape index (κ3) is 12.7. The van der Waals surface area contributed by atoms with E-state index < -0.39 is 7.54 Å². The van der Waals surface area contributed by atoms with Crippen LogP contribution in [-0.2, 0) is 0 Å². The zero-order valence-corrected chi connectivity index (χ0v) is 33.5. The van der Waals surface area contributed by atoms with E-state index in [1.807, 2.05) is 0 Å².